The first-order chi connectivity index (χ1) is 29.4. The molecule has 1 fully saturated rings. The fourth-order valence-corrected chi connectivity index (χ4v) is 6.35. The van der Waals surface area contributed by atoms with Crippen molar-refractivity contribution in [3.63, 3.8) is 0 Å². The first-order valence-electron chi connectivity index (χ1n) is 23.3. The standard InChI is InChI=1S/C51H84O9/c1-3-5-7-9-11-13-15-17-19-20-21-22-23-24-25-27-29-31-33-35-37-39-41-57-43-45(44-58-51-50(56)49(55)48(54)46(42-52)60-51)59-47(53)40-38-36-34-32-30-28-26-18-16-14-12-10-8-6-4-2/h5,7,11-14,17-19,21-22,24-26,29,31,45-46,48-52,54-56H,3-4,6,8-10,15-16,20,23,27-28,30,32-44H2,1-2H3/b7-5-,13-11-,14-12-,19-17-,22-21-,25-24-,26-18-,31-29-. The maximum atomic E-state index is 12.8. The van der Waals surface area contributed by atoms with Crippen LogP contribution in [0.5, 0.6) is 0 Å². The topological polar surface area (TPSA) is 135 Å². The van der Waals surface area contributed by atoms with E-state index in [1.807, 2.05) is 0 Å². The number of esters is 1. The van der Waals surface area contributed by atoms with Crippen molar-refractivity contribution < 1.29 is 44.2 Å². The molecule has 1 aliphatic heterocycles. The second-order valence-corrected chi connectivity index (χ2v) is 15.5. The predicted octanol–water partition coefficient (Wildman–Crippen LogP) is 10.8. The van der Waals surface area contributed by atoms with Gasteiger partial charge in [-0.1, -0.05) is 150 Å². The summed E-state index contributed by atoms with van der Waals surface area (Å²) in [6, 6.07) is 0. The highest BCUT2D eigenvalue weighted by molar-refractivity contribution is 5.69. The van der Waals surface area contributed by atoms with Crippen LogP contribution in [0, 0.1) is 0 Å². The molecule has 0 aromatic rings. The quantitative estimate of drug-likeness (QED) is 0.0272. The van der Waals surface area contributed by atoms with Crippen LogP contribution in [0.25, 0.3) is 0 Å². The molecule has 6 unspecified atom stereocenters. The Kier molecular flexibility index (Phi) is 38.1. The third kappa shape index (κ3) is 31.9. The van der Waals surface area contributed by atoms with E-state index < -0.39 is 43.4 Å². The number of aliphatic hydroxyl groups excluding tert-OH is 4. The van der Waals surface area contributed by atoms with Crippen LogP contribution in [0.3, 0.4) is 0 Å². The molecule has 0 bridgehead atoms. The minimum atomic E-state index is -1.55. The van der Waals surface area contributed by atoms with E-state index in [1.54, 1.807) is 0 Å². The number of allylic oxidation sites excluding steroid dienone is 16. The highest BCUT2D eigenvalue weighted by Crippen LogP contribution is 2.22. The molecule has 4 N–H and O–H groups in total. The lowest BCUT2D eigenvalue weighted by atomic mass is 9.99. The highest BCUT2D eigenvalue weighted by Gasteiger charge is 2.44. The maximum absolute atomic E-state index is 12.8. The van der Waals surface area contributed by atoms with E-state index in [1.165, 1.54) is 25.7 Å². The lowest BCUT2D eigenvalue weighted by Gasteiger charge is -2.39. The lowest BCUT2D eigenvalue weighted by molar-refractivity contribution is -0.305. The SMILES string of the molecule is CC/C=C\C/C=C\C/C=C\C/C=C\C/C=C\C/C=C\CCCCCOCC(COC1OC(CO)C(O)C(O)C1O)OC(=O)CCCCCCC/C=C\C/C=C\CCCCC. The zero-order valence-corrected chi connectivity index (χ0v) is 37.4. The van der Waals surface area contributed by atoms with Gasteiger partial charge < -0.3 is 39.4 Å². The Bertz CT molecular complexity index is 1230. The van der Waals surface area contributed by atoms with Crippen molar-refractivity contribution in [3.8, 4) is 0 Å². The molecule has 0 radical (unpaired) electrons. The Morgan fingerprint density at radius 1 is 0.550 bits per heavy atom. The Morgan fingerprint density at radius 3 is 1.53 bits per heavy atom. The zero-order valence-electron chi connectivity index (χ0n) is 37.4. The Labute approximate surface area is 364 Å². The van der Waals surface area contributed by atoms with Gasteiger partial charge in [0.2, 0.25) is 0 Å². The average molecular weight is 841 g/mol. The molecule has 0 spiro atoms. The summed E-state index contributed by atoms with van der Waals surface area (Å²) in [4.78, 5) is 12.8. The largest absolute Gasteiger partial charge is 0.457 e. The van der Waals surface area contributed by atoms with Gasteiger partial charge in [-0.15, -0.1) is 0 Å². The van der Waals surface area contributed by atoms with Crippen LogP contribution < -0.4 is 0 Å². The van der Waals surface area contributed by atoms with Crippen LogP contribution in [0.2, 0.25) is 0 Å². The number of carbonyl (C=O) groups is 1. The number of rotatable bonds is 38. The van der Waals surface area contributed by atoms with E-state index in [0.717, 1.165) is 109 Å². The lowest BCUT2D eigenvalue weighted by Crippen LogP contribution is -2.59. The van der Waals surface area contributed by atoms with Crippen molar-refractivity contribution in [2.75, 3.05) is 26.4 Å². The minimum Gasteiger partial charge on any atom is -0.457 e. The van der Waals surface area contributed by atoms with Gasteiger partial charge in [0, 0.05) is 13.0 Å². The van der Waals surface area contributed by atoms with E-state index >= 15 is 0 Å². The molecule has 9 heteroatoms. The summed E-state index contributed by atoms with van der Waals surface area (Å²) in [7, 11) is 0. The molecule has 1 heterocycles. The summed E-state index contributed by atoms with van der Waals surface area (Å²) in [5.41, 5.74) is 0. The van der Waals surface area contributed by atoms with Gasteiger partial charge in [-0.2, -0.15) is 0 Å². The average Bonchev–Trinajstić information content (AvgIpc) is 3.25. The third-order valence-corrected chi connectivity index (χ3v) is 9.98. The number of hydrogen-bond acceptors (Lipinski definition) is 9. The van der Waals surface area contributed by atoms with Gasteiger partial charge in [-0.05, 0) is 96.3 Å². The van der Waals surface area contributed by atoms with Crippen molar-refractivity contribution in [2.45, 2.75) is 192 Å². The van der Waals surface area contributed by atoms with E-state index in [2.05, 4.69) is 111 Å². The summed E-state index contributed by atoms with van der Waals surface area (Å²) < 4.78 is 22.8. The van der Waals surface area contributed by atoms with Crippen molar-refractivity contribution in [1.29, 1.82) is 0 Å². The summed E-state index contributed by atoms with van der Waals surface area (Å²) in [5.74, 6) is -0.344. The molecular weight excluding hydrogens is 757 g/mol. The molecule has 1 rings (SSSR count). The highest BCUT2D eigenvalue weighted by atomic mass is 16.7. The fourth-order valence-electron chi connectivity index (χ4n) is 6.35. The zero-order chi connectivity index (χ0) is 43.6. The Morgan fingerprint density at radius 2 is 1.02 bits per heavy atom. The molecule has 1 aliphatic rings. The van der Waals surface area contributed by atoms with Gasteiger partial charge in [-0.25, -0.2) is 0 Å². The number of carbonyl (C=O) groups excluding carboxylic acids is 1. The predicted molar refractivity (Wildman–Crippen MR) is 246 cm³/mol. The van der Waals surface area contributed by atoms with E-state index in [0.29, 0.717) is 6.61 Å². The number of aliphatic hydroxyl groups is 4. The van der Waals surface area contributed by atoms with Gasteiger partial charge in [-0.3, -0.25) is 4.79 Å². The number of ether oxygens (including phenoxy) is 4. The van der Waals surface area contributed by atoms with Gasteiger partial charge in [0.05, 0.1) is 19.8 Å². The Hall–Kier alpha value is -2.89. The van der Waals surface area contributed by atoms with Gasteiger partial charge in [0.1, 0.15) is 30.5 Å². The normalized spacial score (nSPS) is 20.9. The van der Waals surface area contributed by atoms with Crippen LogP contribution >= 0.6 is 0 Å². The first kappa shape index (κ1) is 55.1. The van der Waals surface area contributed by atoms with E-state index in [4.69, 9.17) is 18.9 Å². The van der Waals surface area contributed by atoms with Crippen molar-refractivity contribution in [1.82, 2.24) is 0 Å². The molecule has 6 atom stereocenters. The molecule has 0 aromatic heterocycles. The summed E-state index contributed by atoms with van der Waals surface area (Å²) in [6.07, 6.45) is 50.0. The molecule has 60 heavy (non-hydrogen) atoms. The molecule has 0 aliphatic carbocycles. The van der Waals surface area contributed by atoms with Crippen LogP contribution in [-0.4, -0.2) is 89.6 Å². The fraction of sp³-hybridized carbons (Fsp3) is 0.667. The van der Waals surface area contributed by atoms with E-state index in [-0.39, 0.29) is 25.6 Å². The van der Waals surface area contributed by atoms with Crippen LogP contribution in [0.15, 0.2) is 97.2 Å². The molecule has 342 valence electrons. The molecule has 9 nitrogen and oxygen atoms in total. The monoisotopic (exact) mass is 841 g/mol. The second-order valence-electron chi connectivity index (χ2n) is 15.5. The van der Waals surface area contributed by atoms with Crippen LogP contribution in [0.1, 0.15) is 155 Å². The van der Waals surface area contributed by atoms with Gasteiger partial charge in [0.25, 0.3) is 0 Å². The molecule has 0 saturated carbocycles. The summed E-state index contributed by atoms with van der Waals surface area (Å²) >= 11 is 0. The smallest absolute Gasteiger partial charge is 0.306 e. The summed E-state index contributed by atoms with van der Waals surface area (Å²) in [6.45, 7) is 4.29. The van der Waals surface area contributed by atoms with Crippen LogP contribution in [0.4, 0.5) is 0 Å². The van der Waals surface area contributed by atoms with Gasteiger partial charge >= 0.3 is 5.97 Å². The second kappa shape index (κ2) is 41.5. The van der Waals surface area contributed by atoms with Crippen molar-refractivity contribution in [3.05, 3.63) is 97.2 Å². The van der Waals surface area contributed by atoms with Crippen molar-refractivity contribution in [2.24, 2.45) is 0 Å². The Balaban J connectivity index is 2.30. The third-order valence-electron chi connectivity index (χ3n) is 9.98. The minimum absolute atomic E-state index is 0.110. The van der Waals surface area contributed by atoms with Crippen LogP contribution in [-0.2, 0) is 23.7 Å². The maximum Gasteiger partial charge on any atom is 0.306 e. The first-order valence-corrected chi connectivity index (χ1v) is 23.3. The molecule has 0 aromatic carbocycles. The van der Waals surface area contributed by atoms with Crippen molar-refractivity contribution >= 4 is 5.97 Å². The number of hydrogen-bond donors (Lipinski definition) is 4. The van der Waals surface area contributed by atoms with E-state index in [9.17, 15) is 25.2 Å². The molecular formula is C51H84O9. The molecule has 0 amide bonds. The summed E-state index contributed by atoms with van der Waals surface area (Å²) in [5, 5.41) is 40.1. The molecule has 1 saturated heterocycles. The van der Waals surface area contributed by atoms with Gasteiger partial charge in [0.15, 0.2) is 6.29 Å². The number of unbranched alkanes of at least 4 members (excludes halogenated alkanes) is 11.